The van der Waals surface area contributed by atoms with Crippen LogP contribution in [0.1, 0.15) is 33.0 Å². The van der Waals surface area contributed by atoms with Crippen molar-refractivity contribution in [1.29, 1.82) is 0 Å². The number of aromatic nitrogens is 2. The van der Waals surface area contributed by atoms with Crippen molar-refractivity contribution in [2.75, 3.05) is 31.5 Å². The molecule has 0 radical (unpaired) electrons. The topological polar surface area (TPSA) is 41.1 Å². The summed E-state index contributed by atoms with van der Waals surface area (Å²) >= 11 is 0. The first kappa shape index (κ1) is 18.3. The summed E-state index contributed by atoms with van der Waals surface area (Å²) in [5.74, 6) is 1.68. The molecule has 0 amide bonds. The molecule has 0 spiro atoms. The molecule has 0 fully saturated rings. The van der Waals surface area contributed by atoms with Crippen LogP contribution in [0.5, 0.6) is 0 Å². The third kappa shape index (κ3) is 4.20. The Balaban J connectivity index is 1.99. The molecule has 136 valence electrons. The highest BCUT2D eigenvalue weighted by molar-refractivity contribution is 6.01. The standard InChI is InChI=1S/C22H28N4/c1-4-7-12-21-24-20-16-18-11-9-8-10-17(18)15-19(20)22(25-21)23-13-14-26(5-2)6-3/h7-12,15-16H,4-6,13-14H2,1-3H3,(H,23,24,25)/b12-7+. The van der Waals surface area contributed by atoms with Gasteiger partial charge in [0.1, 0.15) is 5.82 Å². The number of fused-ring (bicyclic) bond motifs is 2. The Morgan fingerprint density at radius 2 is 1.73 bits per heavy atom. The van der Waals surface area contributed by atoms with Crippen LogP contribution in [-0.4, -0.2) is 41.0 Å². The summed E-state index contributed by atoms with van der Waals surface area (Å²) in [5, 5.41) is 7.04. The van der Waals surface area contributed by atoms with Crippen LogP contribution < -0.4 is 5.32 Å². The Hall–Kier alpha value is -2.46. The molecule has 0 atom stereocenters. The second kappa shape index (κ2) is 8.77. The van der Waals surface area contributed by atoms with E-state index in [-0.39, 0.29) is 0 Å². The summed E-state index contributed by atoms with van der Waals surface area (Å²) in [6.45, 7) is 10.5. The maximum absolute atomic E-state index is 4.77. The molecule has 26 heavy (non-hydrogen) atoms. The summed E-state index contributed by atoms with van der Waals surface area (Å²) in [6, 6.07) is 12.8. The summed E-state index contributed by atoms with van der Waals surface area (Å²) in [7, 11) is 0. The lowest BCUT2D eigenvalue weighted by molar-refractivity contribution is 0.316. The van der Waals surface area contributed by atoms with Crippen LogP contribution in [0.25, 0.3) is 27.8 Å². The molecular weight excluding hydrogens is 320 g/mol. The minimum atomic E-state index is 0.764. The number of rotatable bonds is 8. The summed E-state index contributed by atoms with van der Waals surface area (Å²) in [6.07, 6.45) is 5.08. The van der Waals surface area contributed by atoms with Crippen LogP contribution in [-0.2, 0) is 0 Å². The van der Waals surface area contributed by atoms with Crippen molar-refractivity contribution in [2.45, 2.75) is 27.2 Å². The highest BCUT2D eigenvalue weighted by atomic mass is 15.1. The van der Waals surface area contributed by atoms with Gasteiger partial charge in [0.05, 0.1) is 5.52 Å². The molecule has 3 rings (SSSR count). The van der Waals surface area contributed by atoms with Gasteiger partial charge in [0, 0.05) is 18.5 Å². The third-order valence-corrected chi connectivity index (χ3v) is 4.70. The second-order valence-corrected chi connectivity index (χ2v) is 6.41. The molecule has 0 aliphatic heterocycles. The van der Waals surface area contributed by atoms with E-state index in [9.17, 15) is 0 Å². The van der Waals surface area contributed by atoms with Crippen LogP contribution >= 0.6 is 0 Å². The van der Waals surface area contributed by atoms with Crippen LogP contribution in [0.4, 0.5) is 5.82 Å². The lowest BCUT2D eigenvalue weighted by Crippen LogP contribution is -2.28. The van der Waals surface area contributed by atoms with E-state index >= 15 is 0 Å². The Kier molecular flexibility index (Phi) is 6.18. The molecule has 2 aromatic carbocycles. The van der Waals surface area contributed by atoms with E-state index in [1.165, 1.54) is 10.8 Å². The van der Waals surface area contributed by atoms with E-state index in [2.05, 4.69) is 73.5 Å². The predicted molar refractivity (Wildman–Crippen MR) is 113 cm³/mol. The van der Waals surface area contributed by atoms with Crippen molar-refractivity contribution in [3.05, 3.63) is 48.3 Å². The molecule has 0 saturated carbocycles. The molecule has 0 unspecified atom stereocenters. The highest BCUT2D eigenvalue weighted by Crippen LogP contribution is 2.26. The number of allylic oxidation sites excluding steroid dienone is 1. The Bertz CT molecular complexity index is 897. The number of nitrogens with zero attached hydrogens (tertiary/aromatic N) is 3. The smallest absolute Gasteiger partial charge is 0.154 e. The summed E-state index contributed by atoms with van der Waals surface area (Å²) in [4.78, 5) is 11.9. The molecule has 1 heterocycles. The zero-order chi connectivity index (χ0) is 18.4. The zero-order valence-electron chi connectivity index (χ0n) is 16.0. The van der Waals surface area contributed by atoms with Crippen molar-refractivity contribution >= 4 is 33.6 Å². The fraction of sp³-hybridized carbons (Fsp3) is 0.364. The minimum absolute atomic E-state index is 0.764. The van der Waals surface area contributed by atoms with Gasteiger partial charge in [0.15, 0.2) is 5.82 Å². The van der Waals surface area contributed by atoms with Gasteiger partial charge in [-0.3, -0.25) is 0 Å². The molecule has 3 aromatic rings. The molecule has 4 heteroatoms. The van der Waals surface area contributed by atoms with E-state index in [0.29, 0.717) is 0 Å². The normalized spacial score (nSPS) is 11.8. The monoisotopic (exact) mass is 348 g/mol. The quantitative estimate of drug-likeness (QED) is 0.584. The van der Waals surface area contributed by atoms with Gasteiger partial charge in [0.25, 0.3) is 0 Å². The van der Waals surface area contributed by atoms with Crippen LogP contribution in [0.15, 0.2) is 42.5 Å². The van der Waals surface area contributed by atoms with Crippen molar-refractivity contribution in [3.8, 4) is 0 Å². The molecule has 0 aliphatic carbocycles. The van der Waals surface area contributed by atoms with Gasteiger partial charge >= 0.3 is 0 Å². The van der Waals surface area contributed by atoms with Crippen LogP contribution in [0.2, 0.25) is 0 Å². The third-order valence-electron chi connectivity index (χ3n) is 4.70. The number of hydrogen-bond donors (Lipinski definition) is 1. The van der Waals surface area contributed by atoms with Gasteiger partial charge in [-0.15, -0.1) is 0 Å². The molecule has 4 nitrogen and oxygen atoms in total. The van der Waals surface area contributed by atoms with Gasteiger partial charge in [-0.25, -0.2) is 9.97 Å². The van der Waals surface area contributed by atoms with Gasteiger partial charge in [-0.1, -0.05) is 51.1 Å². The van der Waals surface area contributed by atoms with Crippen molar-refractivity contribution in [1.82, 2.24) is 14.9 Å². The lowest BCUT2D eigenvalue weighted by Gasteiger charge is -2.18. The summed E-state index contributed by atoms with van der Waals surface area (Å²) < 4.78 is 0. The van der Waals surface area contributed by atoms with Crippen molar-refractivity contribution < 1.29 is 0 Å². The predicted octanol–water partition coefficient (Wildman–Crippen LogP) is 4.96. The van der Waals surface area contributed by atoms with E-state index in [4.69, 9.17) is 9.97 Å². The largest absolute Gasteiger partial charge is 0.368 e. The maximum atomic E-state index is 4.77. The van der Waals surface area contributed by atoms with Gasteiger partial charge < -0.3 is 10.2 Å². The Morgan fingerprint density at radius 3 is 2.42 bits per heavy atom. The van der Waals surface area contributed by atoms with Crippen molar-refractivity contribution in [2.24, 2.45) is 0 Å². The maximum Gasteiger partial charge on any atom is 0.154 e. The fourth-order valence-corrected chi connectivity index (χ4v) is 3.14. The van der Waals surface area contributed by atoms with E-state index < -0.39 is 0 Å². The second-order valence-electron chi connectivity index (χ2n) is 6.41. The van der Waals surface area contributed by atoms with E-state index in [0.717, 1.165) is 55.1 Å². The van der Waals surface area contributed by atoms with Gasteiger partial charge in [-0.2, -0.15) is 0 Å². The average Bonchev–Trinajstić information content (AvgIpc) is 2.68. The number of likely N-dealkylation sites (N-methyl/N-ethyl adjacent to an activating group) is 1. The first-order chi connectivity index (χ1) is 12.7. The fourth-order valence-electron chi connectivity index (χ4n) is 3.14. The van der Waals surface area contributed by atoms with Crippen molar-refractivity contribution in [3.63, 3.8) is 0 Å². The number of anilines is 1. The number of benzene rings is 2. The molecule has 0 aliphatic rings. The molecule has 0 saturated heterocycles. The van der Waals surface area contributed by atoms with Gasteiger partial charge in [0.2, 0.25) is 0 Å². The molecule has 0 bridgehead atoms. The first-order valence-electron chi connectivity index (χ1n) is 9.58. The lowest BCUT2D eigenvalue weighted by atomic mass is 10.1. The Morgan fingerprint density at radius 1 is 1.00 bits per heavy atom. The number of nitrogens with one attached hydrogen (secondary N) is 1. The number of hydrogen-bond acceptors (Lipinski definition) is 4. The minimum Gasteiger partial charge on any atom is -0.368 e. The zero-order valence-corrected chi connectivity index (χ0v) is 16.0. The Labute approximate surface area is 156 Å². The molecular formula is C22H28N4. The molecule has 1 aromatic heterocycles. The van der Waals surface area contributed by atoms with Crippen LogP contribution in [0.3, 0.4) is 0 Å². The highest BCUT2D eigenvalue weighted by Gasteiger charge is 2.08. The van der Waals surface area contributed by atoms with E-state index in [1.54, 1.807) is 0 Å². The SMILES string of the molecule is CC/C=C/c1nc(NCCN(CC)CC)c2cc3ccccc3cc2n1. The van der Waals surface area contributed by atoms with Gasteiger partial charge in [-0.05, 0) is 48.5 Å². The first-order valence-corrected chi connectivity index (χ1v) is 9.58. The average molecular weight is 348 g/mol. The summed E-state index contributed by atoms with van der Waals surface area (Å²) in [5.41, 5.74) is 0.986. The van der Waals surface area contributed by atoms with Crippen LogP contribution in [0, 0.1) is 0 Å². The molecule has 1 N–H and O–H groups in total. The van der Waals surface area contributed by atoms with E-state index in [1.807, 2.05) is 6.08 Å².